The van der Waals surface area contributed by atoms with E-state index in [9.17, 15) is 0 Å². The molecule has 1 heterocycles. The topological polar surface area (TPSA) is 26.0 Å². The van der Waals surface area contributed by atoms with Gasteiger partial charge in [0.25, 0.3) is 0 Å². The van der Waals surface area contributed by atoms with Crippen molar-refractivity contribution in [3.8, 4) is 0 Å². The minimum absolute atomic E-state index is 0.472. The molecule has 1 saturated heterocycles. The zero-order valence-electron chi connectivity index (χ0n) is 13.7. The number of likely N-dealkylation sites (tertiary alicyclic amines) is 1. The Morgan fingerprint density at radius 1 is 1.05 bits per heavy atom. The van der Waals surface area contributed by atoms with Crippen molar-refractivity contribution in [3.63, 3.8) is 0 Å². The van der Waals surface area contributed by atoms with Crippen LogP contribution in [-0.4, -0.2) is 36.2 Å². The molecule has 3 atom stereocenters. The number of quaternary nitrogens is 1. The second-order valence-electron chi connectivity index (χ2n) is 8.44. The minimum atomic E-state index is 0.472. The minimum Gasteiger partial charge on any atom is -0.323 e. The molecule has 0 radical (unpaired) electrons. The Balaban J connectivity index is 1.69. The molecule has 3 fully saturated rings. The molecular formula is C18H35N2+. The number of unbranched alkanes of at least 4 members (excludes halogenated alkanes) is 1. The molecular weight excluding hydrogens is 244 g/mol. The zero-order valence-corrected chi connectivity index (χ0v) is 13.7. The van der Waals surface area contributed by atoms with Crippen molar-refractivity contribution in [2.45, 2.75) is 77.3 Å². The Kier molecular flexibility index (Phi) is 4.42. The standard InChI is InChI=1S/C18H35N2/c1-3-4-5-16-10-17(19)13-20(12-16,11-15-6-7-15)18-8-14(2)9-18/h14-18H,3-13,19H2,1-2H3/q+1. The van der Waals surface area contributed by atoms with Crippen molar-refractivity contribution in [3.05, 3.63) is 0 Å². The van der Waals surface area contributed by atoms with Crippen LogP contribution in [0.25, 0.3) is 0 Å². The average Bonchev–Trinajstić information content (AvgIpc) is 3.15. The fraction of sp³-hybridized carbons (Fsp3) is 1.00. The lowest BCUT2D eigenvalue weighted by atomic mass is 9.76. The van der Waals surface area contributed by atoms with Crippen molar-refractivity contribution in [2.75, 3.05) is 19.6 Å². The predicted molar refractivity (Wildman–Crippen MR) is 85.4 cm³/mol. The molecule has 3 aliphatic rings. The maximum absolute atomic E-state index is 6.50. The van der Waals surface area contributed by atoms with E-state index in [1.807, 2.05) is 0 Å². The summed E-state index contributed by atoms with van der Waals surface area (Å²) in [7, 11) is 0. The third-order valence-electron chi connectivity index (χ3n) is 6.26. The van der Waals surface area contributed by atoms with Gasteiger partial charge in [-0.15, -0.1) is 0 Å². The predicted octanol–water partition coefficient (Wildman–Crippen LogP) is 3.55. The smallest absolute Gasteiger partial charge is 0.0942 e. The van der Waals surface area contributed by atoms with Crippen molar-refractivity contribution in [1.82, 2.24) is 0 Å². The van der Waals surface area contributed by atoms with E-state index in [0.717, 1.165) is 23.8 Å². The SMILES string of the molecule is CCCCC1CC(N)C[N+](CC2CC2)(C2CC(C)C2)C1. The summed E-state index contributed by atoms with van der Waals surface area (Å²) in [6.45, 7) is 8.97. The van der Waals surface area contributed by atoms with Gasteiger partial charge >= 0.3 is 0 Å². The van der Waals surface area contributed by atoms with E-state index >= 15 is 0 Å². The van der Waals surface area contributed by atoms with Gasteiger partial charge in [-0.25, -0.2) is 0 Å². The molecule has 1 aliphatic heterocycles. The second-order valence-corrected chi connectivity index (χ2v) is 8.44. The molecule has 2 N–H and O–H groups in total. The Morgan fingerprint density at radius 3 is 2.40 bits per heavy atom. The summed E-state index contributed by atoms with van der Waals surface area (Å²) in [5.41, 5.74) is 6.50. The number of piperidine rings is 1. The number of hydrogen-bond donors (Lipinski definition) is 1. The Hall–Kier alpha value is -0.0800. The van der Waals surface area contributed by atoms with E-state index in [1.165, 1.54) is 75.5 Å². The van der Waals surface area contributed by atoms with Crippen LogP contribution in [0.3, 0.4) is 0 Å². The van der Waals surface area contributed by atoms with Gasteiger partial charge in [-0.05, 0) is 31.6 Å². The highest BCUT2D eigenvalue weighted by molar-refractivity contribution is 4.86. The summed E-state index contributed by atoms with van der Waals surface area (Å²) in [5, 5.41) is 0. The van der Waals surface area contributed by atoms with Crippen LogP contribution in [0.15, 0.2) is 0 Å². The summed E-state index contributed by atoms with van der Waals surface area (Å²) >= 11 is 0. The number of rotatable bonds is 6. The Labute approximate surface area is 125 Å². The fourth-order valence-corrected chi connectivity index (χ4v) is 5.05. The molecule has 0 aromatic rings. The van der Waals surface area contributed by atoms with Crippen LogP contribution in [0.5, 0.6) is 0 Å². The van der Waals surface area contributed by atoms with Gasteiger partial charge in [0.15, 0.2) is 0 Å². The van der Waals surface area contributed by atoms with Crippen LogP contribution in [0.4, 0.5) is 0 Å². The van der Waals surface area contributed by atoms with E-state index in [-0.39, 0.29) is 0 Å². The maximum atomic E-state index is 6.50. The molecule has 3 rings (SSSR count). The molecule has 0 spiro atoms. The van der Waals surface area contributed by atoms with Gasteiger partial charge < -0.3 is 10.2 Å². The van der Waals surface area contributed by atoms with Gasteiger partial charge in [-0.3, -0.25) is 0 Å². The Morgan fingerprint density at radius 2 is 1.80 bits per heavy atom. The molecule has 2 heteroatoms. The second kappa shape index (κ2) is 5.96. The molecule has 0 bridgehead atoms. The highest BCUT2D eigenvalue weighted by Crippen LogP contribution is 2.44. The van der Waals surface area contributed by atoms with Gasteiger partial charge in [-0.1, -0.05) is 26.7 Å². The van der Waals surface area contributed by atoms with E-state index in [4.69, 9.17) is 5.73 Å². The lowest BCUT2D eigenvalue weighted by molar-refractivity contribution is -0.967. The molecule has 2 nitrogen and oxygen atoms in total. The highest BCUT2D eigenvalue weighted by atomic mass is 15.4. The van der Waals surface area contributed by atoms with Crippen LogP contribution in [0.2, 0.25) is 0 Å². The van der Waals surface area contributed by atoms with E-state index in [1.54, 1.807) is 0 Å². The quantitative estimate of drug-likeness (QED) is 0.739. The summed E-state index contributed by atoms with van der Waals surface area (Å²) in [5.74, 6) is 2.93. The summed E-state index contributed by atoms with van der Waals surface area (Å²) in [6, 6.07) is 1.43. The van der Waals surface area contributed by atoms with Gasteiger partial charge in [0.1, 0.15) is 0 Å². The first-order valence-corrected chi connectivity index (χ1v) is 9.22. The van der Waals surface area contributed by atoms with Crippen LogP contribution >= 0.6 is 0 Å². The molecule has 3 unspecified atom stereocenters. The molecule has 20 heavy (non-hydrogen) atoms. The van der Waals surface area contributed by atoms with E-state index in [0.29, 0.717) is 6.04 Å². The fourth-order valence-electron chi connectivity index (χ4n) is 5.05. The highest BCUT2D eigenvalue weighted by Gasteiger charge is 2.50. The van der Waals surface area contributed by atoms with Crippen molar-refractivity contribution in [1.29, 1.82) is 0 Å². The van der Waals surface area contributed by atoms with Crippen molar-refractivity contribution in [2.24, 2.45) is 23.5 Å². The van der Waals surface area contributed by atoms with Gasteiger partial charge in [-0.2, -0.15) is 0 Å². The largest absolute Gasteiger partial charge is 0.323 e. The molecule has 2 saturated carbocycles. The van der Waals surface area contributed by atoms with Crippen LogP contribution in [-0.2, 0) is 0 Å². The molecule has 0 aromatic heterocycles. The Bertz CT molecular complexity index is 315. The summed E-state index contributed by atoms with van der Waals surface area (Å²) in [6.07, 6.45) is 11.4. The molecule has 2 aliphatic carbocycles. The third kappa shape index (κ3) is 3.22. The lowest BCUT2D eigenvalue weighted by Crippen LogP contribution is -2.68. The summed E-state index contributed by atoms with van der Waals surface area (Å²) < 4.78 is 1.42. The van der Waals surface area contributed by atoms with Gasteiger partial charge in [0.05, 0.1) is 31.7 Å². The normalized spacial score (nSPS) is 45.1. The van der Waals surface area contributed by atoms with Gasteiger partial charge in [0.2, 0.25) is 0 Å². The van der Waals surface area contributed by atoms with E-state index in [2.05, 4.69) is 13.8 Å². The first-order valence-electron chi connectivity index (χ1n) is 9.22. The zero-order chi connectivity index (χ0) is 14.2. The van der Waals surface area contributed by atoms with Crippen molar-refractivity contribution < 1.29 is 4.48 Å². The molecule has 0 aromatic carbocycles. The van der Waals surface area contributed by atoms with E-state index < -0.39 is 0 Å². The molecule has 0 amide bonds. The third-order valence-corrected chi connectivity index (χ3v) is 6.26. The maximum Gasteiger partial charge on any atom is 0.0942 e. The number of hydrogen-bond acceptors (Lipinski definition) is 1. The number of nitrogens with zero attached hydrogens (tertiary/aromatic N) is 1. The van der Waals surface area contributed by atoms with Crippen molar-refractivity contribution >= 4 is 0 Å². The van der Waals surface area contributed by atoms with Crippen LogP contribution in [0, 0.1) is 17.8 Å². The first kappa shape index (κ1) is 14.8. The number of nitrogens with two attached hydrogens (primary N) is 1. The molecule has 116 valence electrons. The lowest BCUT2D eigenvalue weighted by Gasteiger charge is -2.55. The van der Waals surface area contributed by atoms with Crippen LogP contribution in [0.1, 0.15) is 65.2 Å². The average molecular weight is 279 g/mol. The monoisotopic (exact) mass is 279 g/mol. The summed E-state index contributed by atoms with van der Waals surface area (Å²) in [4.78, 5) is 0. The van der Waals surface area contributed by atoms with Gasteiger partial charge in [0, 0.05) is 24.7 Å². The van der Waals surface area contributed by atoms with Crippen LogP contribution < -0.4 is 5.73 Å². The first-order chi connectivity index (χ1) is 9.61.